The fraction of sp³-hybridized carbons (Fsp3) is 0.533. The number of halogens is 1. The third-order valence-electron chi connectivity index (χ3n) is 3.36. The zero-order chi connectivity index (χ0) is 15.1. The molecule has 0 aliphatic heterocycles. The molecular weight excluding hydrogens is 318 g/mol. The Morgan fingerprint density at radius 2 is 2.10 bits per heavy atom. The number of nitrogen functional groups attached to an aromatic ring is 1. The first kappa shape index (κ1) is 17.0. The van der Waals surface area contributed by atoms with Gasteiger partial charge in [-0.15, -0.1) is 0 Å². The average Bonchev–Trinajstić information content (AvgIpc) is 2.40. The van der Waals surface area contributed by atoms with Gasteiger partial charge in [0.2, 0.25) is 0 Å². The van der Waals surface area contributed by atoms with Crippen LogP contribution in [0.25, 0.3) is 0 Å². The first-order valence-corrected chi connectivity index (χ1v) is 7.74. The van der Waals surface area contributed by atoms with E-state index in [2.05, 4.69) is 47.0 Å². The zero-order valence-corrected chi connectivity index (χ0v) is 14.0. The number of benzene rings is 1. The average molecular weight is 342 g/mol. The molecule has 0 aliphatic carbocycles. The number of amides is 1. The molecule has 0 aliphatic rings. The van der Waals surface area contributed by atoms with Crippen LogP contribution in [-0.4, -0.2) is 37.0 Å². The molecule has 5 heteroatoms. The van der Waals surface area contributed by atoms with Crippen LogP contribution < -0.4 is 11.1 Å². The lowest BCUT2D eigenvalue weighted by atomic mass is 10.1. The van der Waals surface area contributed by atoms with Gasteiger partial charge in [0.25, 0.3) is 5.91 Å². The summed E-state index contributed by atoms with van der Waals surface area (Å²) in [7, 11) is 2.12. The summed E-state index contributed by atoms with van der Waals surface area (Å²) < 4.78 is 0.857. The highest BCUT2D eigenvalue weighted by atomic mass is 79.9. The molecule has 4 nitrogen and oxygen atoms in total. The summed E-state index contributed by atoms with van der Waals surface area (Å²) in [6.45, 7) is 6.08. The van der Waals surface area contributed by atoms with Gasteiger partial charge in [-0.1, -0.05) is 15.9 Å². The van der Waals surface area contributed by atoms with Crippen molar-refractivity contribution < 1.29 is 4.79 Å². The van der Waals surface area contributed by atoms with Crippen LogP contribution >= 0.6 is 15.9 Å². The van der Waals surface area contributed by atoms with Crippen molar-refractivity contribution in [3.05, 3.63) is 28.2 Å². The summed E-state index contributed by atoms with van der Waals surface area (Å²) in [4.78, 5) is 14.3. The topological polar surface area (TPSA) is 58.4 Å². The quantitative estimate of drug-likeness (QED) is 0.592. The molecule has 0 heterocycles. The first-order chi connectivity index (χ1) is 9.41. The van der Waals surface area contributed by atoms with Crippen LogP contribution in [0.2, 0.25) is 0 Å². The van der Waals surface area contributed by atoms with Gasteiger partial charge in [0.05, 0.1) is 5.56 Å². The maximum Gasteiger partial charge on any atom is 0.253 e. The number of nitrogens with one attached hydrogen (secondary N) is 1. The van der Waals surface area contributed by atoms with Gasteiger partial charge in [0.15, 0.2) is 0 Å². The summed E-state index contributed by atoms with van der Waals surface area (Å²) >= 11 is 3.35. The molecule has 0 spiro atoms. The van der Waals surface area contributed by atoms with E-state index >= 15 is 0 Å². The van der Waals surface area contributed by atoms with Gasteiger partial charge in [-0.3, -0.25) is 4.79 Å². The van der Waals surface area contributed by atoms with Gasteiger partial charge in [0.1, 0.15) is 0 Å². The number of unbranched alkanes of at least 4 members (excludes halogenated alkanes) is 1. The molecule has 1 rings (SSSR count). The van der Waals surface area contributed by atoms with Gasteiger partial charge in [-0.05, 0) is 58.5 Å². The smallest absolute Gasteiger partial charge is 0.253 e. The second kappa shape index (κ2) is 8.27. The fourth-order valence-corrected chi connectivity index (χ4v) is 2.13. The summed E-state index contributed by atoms with van der Waals surface area (Å²) in [5.74, 6) is -0.110. The van der Waals surface area contributed by atoms with E-state index in [0.717, 1.165) is 23.9 Å². The zero-order valence-electron chi connectivity index (χ0n) is 12.4. The van der Waals surface area contributed by atoms with Gasteiger partial charge >= 0.3 is 0 Å². The van der Waals surface area contributed by atoms with Crippen LogP contribution in [0.3, 0.4) is 0 Å². The Hall–Kier alpha value is -1.07. The van der Waals surface area contributed by atoms with E-state index in [9.17, 15) is 4.79 Å². The van der Waals surface area contributed by atoms with Crippen molar-refractivity contribution in [3.63, 3.8) is 0 Å². The maximum atomic E-state index is 12.0. The van der Waals surface area contributed by atoms with Crippen molar-refractivity contribution >= 4 is 27.5 Å². The van der Waals surface area contributed by atoms with E-state index in [1.165, 1.54) is 0 Å². The molecule has 1 aromatic rings. The van der Waals surface area contributed by atoms with Crippen molar-refractivity contribution in [2.24, 2.45) is 0 Å². The maximum absolute atomic E-state index is 12.0. The molecule has 0 aromatic heterocycles. The number of nitrogens with zero attached hydrogens (tertiary/aromatic N) is 1. The van der Waals surface area contributed by atoms with Crippen LogP contribution in [0.4, 0.5) is 5.69 Å². The Kier molecular flexibility index (Phi) is 7.02. The van der Waals surface area contributed by atoms with Crippen molar-refractivity contribution in [2.45, 2.75) is 32.7 Å². The third kappa shape index (κ3) is 5.51. The lowest BCUT2D eigenvalue weighted by molar-refractivity contribution is 0.0953. The molecule has 112 valence electrons. The van der Waals surface area contributed by atoms with E-state index in [-0.39, 0.29) is 5.91 Å². The minimum atomic E-state index is -0.110. The predicted molar refractivity (Wildman–Crippen MR) is 87.9 cm³/mol. The molecular formula is C15H24BrN3O. The van der Waals surface area contributed by atoms with Crippen LogP contribution in [0.1, 0.15) is 37.0 Å². The van der Waals surface area contributed by atoms with Crippen LogP contribution in [0, 0.1) is 0 Å². The predicted octanol–water partition coefficient (Wildman–Crippen LogP) is 2.88. The van der Waals surface area contributed by atoms with Gasteiger partial charge < -0.3 is 16.0 Å². The molecule has 0 atom stereocenters. The van der Waals surface area contributed by atoms with Crippen LogP contribution in [0.5, 0.6) is 0 Å². The number of hydrogen-bond acceptors (Lipinski definition) is 3. The SMILES string of the molecule is CC(C)N(C)CCCCNC(=O)c1cc(Br)ccc1N. The minimum absolute atomic E-state index is 0.110. The highest BCUT2D eigenvalue weighted by molar-refractivity contribution is 9.10. The van der Waals surface area contributed by atoms with Crippen molar-refractivity contribution in [1.29, 1.82) is 0 Å². The Morgan fingerprint density at radius 1 is 1.40 bits per heavy atom. The van der Waals surface area contributed by atoms with Crippen LogP contribution in [0.15, 0.2) is 22.7 Å². The second-order valence-corrected chi connectivity index (χ2v) is 6.18. The van der Waals surface area contributed by atoms with Gasteiger partial charge in [-0.25, -0.2) is 0 Å². The molecule has 0 unspecified atom stereocenters. The summed E-state index contributed by atoms with van der Waals surface area (Å²) in [5, 5.41) is 2.91. The van der Waals surface area contributed by atoms with E-state index < -0.39 is 0 Å². The molecule has 0 fully saturated rings. The lowest BCUT2D eigenvalue weighted by Crippen LogP contribution is -2.29. The van der Waals surface area contributed by atoms with E-state index in [4.69, 9.17) is 5.73 Å². The Labute approximate surface area is 129 Å². The number of nitrogens with two attached hydrogens (primary N) is 1. The molecule has 3 N–H and O–H groups in total. The third-order valence-corrected chi connectivity index (χ3v) is 3.86. The van der Waals surface area contributed by atoms with Crippen LogP contribution in [-0.2, 0) is 0 Å². The lowest BCUT2D eigenvalue weighted by Gasteiger charge is -2.20. The Morgan fingerprint density at radius 3 is 2.75 bits per heavy atom. The van der Waals surface area contributed by atoms with Crippen molar-refractivity contribution in [3.8, 4) is 0 Å². The number of carbonyl (C=O) groups is 1. The number of hydrogen-bond donors (Lipinski definition) is 2. The molecule has 1 aromatic carbocycles. The highest BCUT2D eigenvalue weighted by Crippen LogP contribution is 2.18. The summed E-state index contributed by atoms with van der Waals surface area (Å²) in [6.07, 6.45) is 2.04. The van der Waals surface area contributed by atoms with Gasteiger partial charge in [-0.2, -0.15) is 0 Å². The molecule has 20 heavy (non-hydrogen) atoms. The summed E-state index contributed by atoms with van der Waals surface area (Å²) in [5.41, 5.74) is 6.84. The first-order valence-electron chi connectivity index (χ1n) is 6.95. The molecule has 0 bridgehead atoms. The normalized spacial score (nSPS) is 11.1. The molecule has 0 saturated heterocycles. The van der Waals surface area contributed by atoms with E-state index in [0.29, 0.717) is 23.8 Å². The van der Waals surface area contributed by atoms with Crippen molar-refractivity contribution in [2.75, 3.05) is 25.9 Å². The number of anilines is 1. The van der Waals surface area contributed by atoms with E-state index in [1.807, 2.05) is 6.07 Å². The Bertz CT molecular complexity index is 449. The van der Waals surface area contributed by atoms with Crippen molar-refractivity contribution in [1.82, 2.24) is 10.2 Å². The van der Waals surface area contributed by atoms with E-state index in [1.54, 1.807) is 12.1 Å². The Balaban J connectivity index is 2.32. The molecule has 1 amide bonds. The number of rotatable bonds is 7. The van der Waals surface area contributed by atoms with Gasteiger partial charge in [0, 0.05) is 22.7 Å². The minimum Gasteiger partial charge on any atom is -0.398 e. The highest BCUT2D eigenvalue weighted by Gasteiger charge is 2.09. The molecule has 0 radical (unpaired) electrons. The standard InChI is InChI=1S/C15H24BrN3O/c1-11(2)19(3)9-5-4-8-18-15(20)13-10-12(16)6-7-14(13)17/h6-7,10-11H,4-5,8-9,17H2,1-3H3,(H,18,20). The number of carbonyl (C=O) groups excluding carboxylic acids is 1. The summed E-state index contributed by atoms with van der Waals surface area (Å²) in [6, 6.07) is 5.87. The largest absolute Gasteiger partial charge is 0.398 e. The fourth-order valence-electron chi connectivity index (χ4n) is 1.77. The molecule has 0 saturated carbocycles. The monoisotopic (exact) mass is 341 g/mol. The second-order valence-electron chi connectivity index (χ2n) is 5.27.